The molecule has 8 nitrogen and oxygen atoms in total. The standard InChI is InChI=1S/C19H14N4O4/c24-18(25)13-9-14(12-6-7-15-16(8-12)27-10-26-15)23-19(20-13)21-17(22-23)11-4-2-1-3-5-11/h1-9,14H,10H2,(H,24,25)(H,20,21,22)/t14-/m0/s1. The molecule has 0 amide bonds. The SMILES string of the molecule is O=C(O)C1=C[C@@H](c2ccc3c(c2)OCO3)n2nc(-c3ccccc3)nc2N1. The number of anilines is 1. The van der Waals surface area contributed by atoms with Gasteiger partial charge in [0.1, 0.15) is 11.7 Å². The molecule has 0 unspecified atom stereocenters. The van der Waals surface area contributed by atoms with Crippen molar-refractivity contribution in [2.75, 3.05) is 12.1 Å². The summed E-state index contributed by atoms with van der Waals surface area (Å²) in [5.74, 6) is 1.12. The van der Waals surface area contributed by atoms with Gasteiger partial charge < -0.3 is 19.9 Å². The molecule has 0 bridgehead atoms. The fourth-order valence-electron chi connectivity index (χ4n) is 3.16. The summed E-state index contributed by atoms with van der Waals surface area (Å²) >= 11 is 0. The van der Waals surface area contributed by atoms with E-state index in [9.17, 15) is 9.90 Å². The van der Waals surface area contributed by atoms with Crippen molar-refractivity contribution in [2.45, 2.75) is 6.04 Å². The first-order valence-electron chi connectivity index (χ1n) is 8.33. The highest BCUT2D eigenvalue weighted by molar-refractivity contribution is 5.90. The number of carboxylic acid groups (broad SMARTS) is 1. The largest absolute Gasteiger partial charge is 0.477 e. The van der Waals surface area contributed by atoms with E-state index in [-0.39, 0.29) is 12.5 Å². The van der Waals surface area contributed by atoms with E-state index in [1.165, 1.54) is 0 Å². The molecular weight excluding hydrogens is 348 g/mol. The first-order chi connectivity index (χ1) is 13.2. The minimum absolute atomic E-state index is 0.0529. The fourth-order valence-corrected chi connectivity index (χ4v) is 3.16. The molecule has 2 aromatic carbocycles. The Hall–Kier alpha value is -3.81. The van der Waals surface area contributed by atoms with E-state index in [4.69, 9.17) is 9.47 Å². The number of aromatic nitrogens is 3. The highest BCUT2D eigenvalue weighted by Gasteiger charge is 2.28. The molecule has 5 rings (SSSR count). The average Bonchev–Trinajstić information content (AvgIpc) is 3.33. The number of nitrogens with zero attached hydrogens (tertiary/aromatic N) is 3. The number of hydrogen-bond donors (Lipinski definition) is 2. The maximum absolute atomic E-state index is 11.6. The van der Waals surface area contributed by atoms with Crippen molar-refractivity contribution in [1.82, 2.24) is 14.8 Å². The van der Waals surface area contributed by atoms with E-state index in [1.54, 1.807) is 10.8 Å². The lowest BCUT2D eigenvalue weighted by molar-refractivity contribution is -0.132. The molecule has 0 radical (unpaired) electrons. The van der Waals surface area contributed by atoms with Crippen molar-refractivity contribution >= 4 is 11.9 Å². The van der Waals surface area contributed by atoms with Crippen molar-refractivity contribution in [3.63, 3.8) is 0 Å². The Morgan fingerprint density at radius 3 is 2.78 bits per heavy atom. The molecule has 3 heterocycles. The van der Waals surface area contributed by atoms with Gasteiger partial charge in [-0.25, -0.2) is 9.48 Å². The number of benzene rings is 2. The fraction of sp³-hybridized carbons (Fsp3) is 0.105. The Morgan fingerprint density at radius 2 is 1.96 bits per heavy atom. The third-order valence-corrected chi connectivity index (χ3v) is 4.47. The van der Waals surface area contributed by atoms with E-state index in [1.807, 2.05) is 48.5 Å². The molecule has 2 N–H and O–H groups in total. The molecule has 2 aliphatic heterocycles. The molecule has 2 aliphatic rings. The molecule has 0 saturated carbocycles. The van der Waals surface area contributed by atoms with E-state index >= 15 is 0 Å². The van der Waals surface area contributed by atoms with Gasteiger partial charge in [-0.2, -0.15) is 4.98 Å². The molecule has 0 spiro atoms. The predicted octanol–water partition coefficient (Wildman–Crippen LogP) is 2.66. The van der Waals surface area contributed by atoms with Gasteiger partial charge in [-0.3, -0.25) is 0 Å². The van der Waals surface area contributed by atoms with Crippen molar-refractivity contribution in [1.29, 1.82) is 0 Å². The van der Waals surface area contributed by atoms with Crippen molar-refractivity contribution in [2.24, 2.45) is 0 Å². The summed E-state index contributed by atoms with van der Waals surface area (Å²) < 4.78 is 12.5. The number of aliphatic carboxylic acids is 1. The van der Waals surface area contributed by atoms with Gasteiger partial charge >= 0.3 is 5.97 Å². The number of carboxylic acids is 1. The van der Waals surface area contributed by atoms with Crippen LogP contribution in [0.1, 0.15) is 11.6 Å². The maximum Gasteiger partial charge on any atom is 0.352 e. The molecule has 27 heavy (non-hydrogen) atoms. The molecule has 3 aromatic rings. The zero-order chi connectivity index (χ0) is 18.4. The van der Waals surface area contributed by atoms with Crippen molar-refractivity contribution in [3.05, 3.63) is 65.9 Å². The number of allylic oxidation sites excluding steroid dienone is 1. The topological polar surface area (TPSA) is 98.5 Å². The summed E-state index contributed by atoms with van der Waals surface area (Å²) in [5, 5.41) is 16.9. The summed E-state index contributed by atoms with van der Waals surface area (Å²) in [6.45, 7) is 0.175. The summed E-state index contributed by atoms with van der Waals surface area (Å²) in [4.78, 5) is 16.1. The van der Waals surface area contributed by atoms with Crippen LogP contribution in [0.5, 0.6) is 11.5 Å². The number of carbonyl (C=O) groups is 1. The molecule has 8 heteroatoms. The van der Waals surface area contributed by atoms with Crippen molar-refractivity contribution < 1.29 is 19.4 Å². The summed E-state index contributed by atoms with van der Waals surface area (Å²) in [6, 6.07) is 14.6. The zero-order valence-corrected chi connectivity index (χ0v) is 14.0. The van der Waals surface area contributed by atoms with Gasteiger partial charge in [0.25, 0.3) is 0 Å². The third kappa shape index (κ3) is 2.58. The second kappa shape index (κ2) is 5.87. The first-order valence-corrected chi connectivity index (χ1v) is 8.33. The van der Waals surface area contributed by atoms with Crippen LogP contribution in [-0.2, 0) is 4.79 Å². The lowest BCUT2D eigenvalue weighted by atomic mass is 10.0. The highest BCUT2D eigenvalue weighted by atomic mass is 16.7. The van der Waals surface area contributed by atoms with Crippen LogP contribution in [0.2, 0.25) is 0 Å². The Bertz CT molecular complexity index is 1070. The van der Waals surface area contributed by atoms with Gasteiger partial charge in [-0.05, 0) is 23.8 Å². The van der Waals surface area contributed by atoms with Crippen LogP contribution in [-0.4, -0.2) is 32.6 Å². The quantitative estimate of drug-likeness (QED) is 0.739. The van der Waals surface area contributed by atoms with E-state index in [2.05, 4.69) is 15.4 Å². The molecule has 134 valence electrons. The first kappa shape index (κ1) is 15.4. The Labute approximate surface area is 153 Å². The molecule has 1 aromatic heterocycles. The zero-order valence-electron chi connectivity index (χ0n) is 14.0. The van der Waals surface area contributed by atoms with Gasteiger partial charge in [0.2, 0.25) is 12.7 Å². The summed E-state index contributed by atoms with van der Waals surface area (Å²) in [5.41, 5.74) is 1.73. The lowest BCUT2D eigenvalue weighted by Crippen LogP contribution is -2.24. The second-order valence-corrected chi connectivity index (χ2v) is 6.14. The molecule has 1 atom stereocenters. The van der Waals surface area contributed by atoms with Crippen LogP contribution in [0, 0.1) is 0 Å². The van der Waals surface area contributed by atoms with E-state index < -0.39 is 12.0 Å². The Morgan fingerprint density at radius 1 is 1.15 bits per heavy atom. The van der Waals surface area contributed by atoms with Crippen LogP contribution < -0.4 is 14.8 Å². The van der Waals surface area contributed by atoms with Gasteiger partial charge in [0.05, 0.1) is 0 Å². The normalized spacial score (nSPS) is 17.0. The van der Waals surface area contributed by atoms with Crippen molar-refractivity contribution in [3.8, 4) is 22.9 Å². The predicted molar refractivity (Wildman–Crippen MR) is 95.5 cm³/mol. The average molecular weight is 362 g/mol. The van der Waals surface area contributed by atoms with Gasteiger partial charge in [-0.15, -0.1) is 5.10 Å². The number of fused-ring (bicyclic) bond motifs is 2. The number of rotatable bonds is 3. The molecule has 0 fully saturated rings. The van der Waals surface area contributed by atoms with Crippen LogP contribution >= 0.6 is 0 Å². The lowest BCUT2D eigenvalue weighted by Gasteiger charge is -2.22. The van der Waals surface area contributed by atoms with Crippen LogP contribution in [0.4, 0.5) is 5.95 Å². The maximum atomic E-state index is 11.6. The number of hydrogen-bond acceptors (Lipinski definition) is 6. The van der Waals surface area contributed by atoms with Crippen LogP contribution in [0.25, 0.3) is 11.4 Å². The monoisotopic (exact) mass is 362 g/mol. The third-order valence-electron chi connectivity index (χ3n) is 4.47. The minimum atomic E-state index is -1.06. The highest BCUT2D eigenvalue weighted by Crippen LogP contribution is 2.37. The Balaban J connectivity index is 1.62. The molecule has 0 aliphatic carbocycles. The van der Waals surface area contributed by atoms with E-state index in [0.717, 1.165) is 11.1 Å². The van der Waals surface area contributed by atoms with Gasteiger partial charge in [0.15, 0.2) is 17.3 Å². The van der Waals surface area contributed by atoms with Crippen LogP contribution in [0.3, 0.4) is 0 Å². The Kier molecular flexibility index (Phi) is 3.36. The van der Waals surface area contributed by atoms with Crippen LogP contribution in [0.15, 0.2) is 60.3 Å². The number of ether oxygens (including phenoxy) is 2. The van der Waals surface area contributed by atoms with E-state index in [0.29, 0.717) is 23.3 Å². The van der Waals surface area contributed by atoms with Gasteiger partial charge in [0, 0.05) is 5.56 Å². The summed E-state index contributed by atoms with van der Waals surface area (Å²) in [6.07, 6.45) is 1.61. The minimum Gasteiger partial charge on any atom is -0.477 e. The smallest absolute Gasteiger partial charge is 0.352 e. The number of nitrogens with one attached hydrogen (secondary N) is 1. The second-order valence-electron chi connectivity index (χ2n) is 6.14. The summed E-state index contributed by atoms with van der Waals surface area (Å²) in [7, 11) is 0. The molecule has 0 saturated heterocycles. The van der Waals surface area contributed by atoms with Gasteiger partial charge in [-0.1, -0.05) is 36.4 Å². The molecular formula is C19H14N4O4.